The van der Waals surface area contributed by atoms with Crippen LogP contribution in [-0.4, -0.2) is 28.6 Å². The van der Waals surface area contributed by atoms with Crippen molar-refractivity contribution in [1.82, 2.24) is 4.98 Å². The van der Waals surface area contributed by atoms with E-state index in [0.717, 1.165) is 35.6 Å². The number of anilines is 1. The van der Waals surface area contributed by atoms with E-state index in [-0.39, 0.29) is 5.84 Å². The SMILES string of the molecule is CCCN(c1cc(C)nc(C)c1/C(N)=N/O)C1CC1. The first kappa shape index (κ1) is 13.6. The zero-order valence-corrected chi connectivity index (χ0v) is 11.8. The molecule has 0 spiro atoms. The van der Waals surface area contributed by atoms with Crippen molar-refractivity contribution in [2.45, 2.75) is 46.1 Å². The van der Waals surface area contributed by atoms with Crippen LogP contribution in [0.5, 0.6) is 0 Å². The average Bonchev–Trinajstić information content (AvgIpc) is 3.18. The second-order valence-corrected chi connectivity index (χ2v) is 5.15. The van der Waals surface area contributed by atoms with Crippen molar-refractivity contribution in [3.63, 3.8) is 0 Å². The first-order chi connectivity index (χ1) is 9.08. The van der Waals surface area contributed by atoms with E-state index in [1.165, 1.54) is 12.8 Å². The Bertz CT molecular complexity index is 494. The Hall–Kier alpha value is -1.78. The molecule has 0 saturated heterocycles. The van der Waals surface area contributed by atoms with Gasteiger partial charge in [-0.05, 0) is 39.2 Å². The molecule has 2 rings (SSSR count). The molecule has 0 unspecified atom stereocenters. The summed E-state index contributed by atoms with van der Waals surface area (Å²) in [7, 11) is 0. The summed E-state index contributed by atoms with van der Waals surface area (Å²) in [4.78, 5) is 6.80. The summed E-state index contributed by atoms with van der Waals surface area (Å²) < 4.78 is 0. The van der Waals surface area contributed by atoms with Gasteiger partial charge in [-0.3, -0.25) is 4.98 Å². The lowest BCUT2D eigenvalue weighted by molar-refractivity contribution is 0.318. The number of hydrogen-bond acceptors (Lipinski definition) is 4. The molecule has 1 saturated carbocycles. The van der Waals surface area contributed by atoms with Crippen molar-refractivity contribution in [1.29, 1.82) is 0 Å². The van der Waals surface area contributed by atoms with Crippen molar-refractivity contribution >= 4 is 11.5 Å². The molecule has 0 amide bonds. The average molecular weight is 262 g/mol. The molecule has 1 aliphatic rings. The van der Waals surface area contributed by atoms with E-state index in [1.54, 1.807) is 0 Å². The minimum absolute atomic E-state index is 0.141. The maximum Gasteiger partial charge on any atom is 0.174 e. The Morgan fingerprint density at radius 2 is 2.21 bits per heavy atom. The normalized spacial score (nSPS) is 15.6. The lowest BCUT2D eigenvalue weighted by atomic mass is 10.1. The molecule has 0 radical (unpaired) electrons. The Balaban J connectivity index is 2.52. The van der Waals surface area contributed by atoms with Crippen molar-refractivity contribution in [2.75, 3.05) is 11.4 Å². The molecule has 1 aromatic heterocycles. The molecule has 1 fully saturated rings. The number of aromatic nitrogens is 1. The van der Waals surface area contributed by atoms with E-state index in [2.05, 4.69) is 22.0 Å². The van der Waals surface area contributed by atoms with E-state index in [0.29, 0.717) is 6.04 Å². The van der Waals surface area contributed by atoms with Crippen molar-refractivity contribution in [2.24, 2.45) is 10.9 Å². The zero-order valence-electron chi connectivity index (χ0n) is 11.8. The third-order valence-corrected chi connectivity index (χ3v) is 3.43. The van der Waals surface area contributed by atoms with Crippen LogP contribution in [0, 0.1) is 13.8 Å². The Morgan fingerprint density at radius 3 is 2.74 bits per heavy atom. The van der Waals surface area contributed by atoms with Gasteiger partial charge in [-0.15, -0.1) is 0 Å². The van der Waals surface area contributed by atoms with Gasteiger partial charge < -0.3 is 15.8 Å². The first-order valence-electron chi connectivity index (χ1n) is 6.81. The van der Waals surface area contributed by atoms with Crippen LogP contribution in [0.4, 0.5) is 5.69 Å². The summed E-state index contributed by atoms with van der Waals surface area (Å²) in [6.07, 6.45) is 3.51. The Kier molecular flexibility index (Phi) is 3.93. The predicted molar refractivity (Wildman–Crippen MR) is 76.9 cm³/mol. The third kappa shape index (κ3) is 2.80. The van der Waals surface area contributed by atoms with Crippen LogP contribution < -0.4 is 10.6 Å². The van der Waals surface area contributed by atoms with Gasteiger partial charge in [0.2, 0.25) is 0 Å². The van der Waals surface area contributed by atoms with E-state index < -0.39 is 0 Å². The lowest BCUT2D eigenvalue weighted by Crippen LogP contribution is -2.30. The van der Waals surface area contributed by atoms with Crippen LogP contribution in [0.2, 0.25) is 0 Å². The van der Waals surface area contributed by atoms with E-state index in [4.69, 9.17) is 10.9 Å². The molecule has 5 heteroatoms. The molecule has 19 heavy (non-hydrogen) atoms. The molecule has 1 aliphatic carbocycles. The van der Waals surface area contributed by atoms with E-state index >= 15 is 0 Å². The number of oxime groups is 1. The summed E-state index contributed by atoms with van der Waals surface area (Å²) in [5, 5.41) is 12.1. The quantitative estimate of drug-likeness (QED) is 0.369. The molecule has 1 aromatic rings. The number of hydrogen-bond donors (Lipinski definition) is 2. The number of rotatable bonds is 5. The monoisotopic (exact) mass is 262 g/mol. The molecule has 0 atom stereocenters. The highest BCUT2D eigenvalue weighted by Crippen LogP contribution is 2.34. The third-order valence-electron chi connectivity index (χ3n) is 3.43. The molecule has 0 bridgehead atoms. The van der Waals surface area contributed by atoms with Crippen LogP contribution in [0.25, 0.3) is 0 Å². The fourth-order valence-corrected chi connectivity index (χ4v) is 2.53. The predicted octanol–water partition coefficient (Wildman–Crippen LogP) is 2.17. The van der Waals surface area contributed by atoms with Crippen LogP contribution >= 0.6 is 0 Å². The number of nitrogens with two attached hydrogens (primary N) is 1. The molecular formula is C14H22N4O. The van der Waals surface area contributed by atoms with Crippen LogP contribution in [0.3, 0.4) is 0 Å². The van der Waals surface area contributed by atoms with Gasteiger partial charge in [0.1, 0.15) is 0 Å². The van der Waals surface area contributed by atoms with Crippen molar-refractivity contribution in [3.8, 4) is 0 Å². The fourth-order valence-electron chi connectivity index (χ4n) is 2.53. The molecular weight excluding hydrogens is 240 g/mol. The number of amidine groups is 1. The standard InChI is InChI=1S/C14H22N4O/c1-4-7-18(11-5-6-11)12-8-9(2)16-10(3)13(12)14(15)17-19/h8,11,19H,4-7H2,1-3H3,(H2,15,17). The molecule has 104 valence electrons. The Labute approximate surface area is 114 Å². The molecule has 0 aliphatic heterocycles. The highest BCUT2D eigenvalue weighted by Gasteiger charge is 2.31. The number of aryl methyl sites for hydroxylation is 2. The molecule has 0 aromatic carbocycles. The van der Waals surface area contributed by atoms with Gasteiger partial charge in [-0.1, -0.05) is 12.1 Å². The van der Waals surface area contributed by atoms with Crippen LogP contribution in [-0.2, 0) is 0 Å². The highest BCUT2D eigenvalue weighted by molar-refractivity contribution is 6.03. The van der Waals surface area contributed by atoms with Crippen LogP contribution in [0.1, 0.15) is 43.1 Å². The van der Waals surface area contributed by atoms with Gasteiger partial charge in [0.25, 0.3) is 0 Å². The molecule has 3 N–H and O–H groups in total. The van der Waals surface area contributed by atoms with E-state index in [1.807, 2.05) is 19.9 Å². The van der Waals surface area contributed by atoms with Gasteiger partial charge in [-0.25, -0.2) is 0 Å². The van der Waals surface area contributed by atoms with Crippen molar-refractivity contribution < 1.29 is 5.21 Å². The zero-order chi connectivity index (χ0) is 14.0. The summed E-state index contributed by atoms with van der Waals surface area (Å²) >= 11 is 0. The van der Waals surface area contributed by atoms with Crippen molar-refractivity contribution in [3.05, 3.63) is 23.0 Å². The van der Waals surface area contributed by atoms with Crippen LogP contribution in [0.15, 0.2) is 11.2 Å². The van der Waals surface area contributed by atoms with E-state index in [9.17, 15) is 0 Å². The summed E-state index contributed by atoms with van der Waals surface area (Å²) in [6, 6.07) is 2.63. The minimum Gasteiger partial charge on any atom is -0.409 e. The Morgan fingerprint density at radius 1 is 1.53 bits per heavy atom. The van der Waals surface area contributed by atoms with Gasteiger partial charge in [0, 0.05) is 18.3 Å². The summed E-state index contributed by atoms with van der Waals surface area (Å²) in [5.41, 5.74) is 9.41. The summed E-state index contributed by atoms with van der Waals surface area (Å²) in [5.74, 6) is 0.141. The second-order valence-electron chi connectivity index (χ2n) is 5.15. The largest absolute Gasteiger partial charge is 0.409 e. The maximum atomic E-state index is 8.99. The van der Waals surface area contributed by atoms with Gasteiger partial charge in [0.15, 0.2) is 5.84 Å². The second kappa shape index (κ2) is 5.47. The summed E-state index contributed by atoms with van der Waals surface area (Å²) in [6.45, 7) is 7.03. The topological polar surface area (TPSA) is 74.7 Å². The maximum absolute atomic E-state index is 8.99. The first-order valence-corrected chi connectivity index (χ1v) is 6.81. The number of nitrogens with zero attached hydrogens (tertiary/aromatic N) is 3. The smallest absolute Gasteiger partial charge is 0.174 e. The number of pyridine rings is 1. The van der Waals surface area contributed by atoms with Gasteiger partial charge >= 0.3 is 0 Å². The lowest BCUT2D eigenvalue weighted by Gasteiger charge is -2.27. The fraction of sp³-hybridized carbons (Fsp3) is 0.571. The van der Waals surface area contributed by atoms with Gasteiger partial charge in [-0.2, -0.15) is 0 Å². The molecule has 5 nitrogen and oxygen atoms in total. The highest BCUT2D eigenvalue weighted by atomic mass is 16.4. The van der Waals surface area contributed by atoms with Gasteiger partial charge in [0.05, 0.1) is 16.9 Å². The minimum atomic E-state index is 0.141. The molecule has 1 heterocycles.